The monoisotopic (exact) mass is 299 g/mol. The third kappa shape index (κ3) is 3.05. The van der Waals surface area contributed by atoms with Crippen molar-refractivity contribution >= 4 is 21.5 Å². The van der Waals surface area contributed by atoms with Gasteiger partial charge in [-0.15, -0.1) is 0 Å². The molecule has 0 saturated heterocycles. The van der Waals surface area contributed by atoms with E-state index in [-0.39, 0.29) is 16.4 Å². The Morgan fingerprint density at radius 3 is 2.80 bits per heavy atom. The van der Waals surface area contributed by atoms with E-state index in [1.165, 1.54) is 16.9 Å². The molecule has 108 valence electrons. The van der Waals surface area contributed by atoms with Crippen molar-refractivity contribution in [2.24, 2.45) is 0 Å². The first-order valence-electron chi connectivity index (χ1n) is 5.89. The summed E-state index contributed by atoms with van der Waals surface area (Å²) < 4.78 is 40.7. The molecule has 9 heteroatoms. The molecule has 2 aromatic heterocycles. The molecule has 7 nitrogen and oxygen atoms in total. The van der Waals surface area contributed by atoms with Gasteiger partial charge in [0.25, 0.3) is 10.0 Å². The fraction of sp³-hybridized carbons (Fsp3) is 0.273. The standard InChI is InChI=1S/C11H14FN5O2S/c1-2-5-17-7-9(11(13)15-17)20(18,19)16-8-3-4-10(12)14-6-8/h3-4,6-7,16H,2,5H2,1H3,(H2,13,15). The van der Waals surface area contributed by atoms with Gasteiger partial charge in [0, 0.05) is 12.7 Å². The molecular formula is C11H14FN5O2S. The molecule has 2 rings (SSSR count). The average molecular weight is 299 g/mol. The van der Waals surface area contributed by atoms with Gasteiger partial charge in [-0.25, -0.2) is 13.4 Å². The fourth-order valence-corrected chi connectivity index (χ4v) is 2.73. The number of anilines is 2. The van der Waals surface area contributed by atoms with Crippen LogP contribution in [0.15, 0.2) is 29.4 Å². The Kier molecular flexibility index (Phi) is 3.89. The van der Waals surface area contributed by atoms with Gasteiger partial charge in [-0.2, -0.15) is 9.49 Å². The predicted molar refractivity (Wildman–Crippen MR) is 71.9 cm³/mol. The highest BCUT2D eigenvalue weighted by molar-refractivity contribution is 7.92. The quantitative estimate of drug-likeness (QED) is 0.808. The van der Waals surface area contributed by atoms with Crippen LogP contribution in [0.2, 0.25) is 0 Å². The Morgan fingerprint density at radius 2 is 2.20 bits per heavy atom. The van der Waals surface area contributed by atoms with Crippen molar-refractivity contribution in [3.63, 3.8) is 0 Å². The number of nitrogens with two attached hydrogens (primary N) is 1. The van der Waals surface area contributed by atoms with E-state index < -0.39 is 16.0 Å². The third-order valence-corrected chi connectivity index (χ3v) is 3.87. The summed E-state index contributed by atoms with van der Waals surface area (Å²) in [4.78, 5) is 3.25. The van der Waals surface area contributed by atoms with Crippen molar-refractivity contribution in [1.82, 2.24) is 14.8 Å². The second-order valence-electron chi connectivity index (χ2n) is 4.12. The number of halogens is 1. The number of sulfonamides is 1. The molecule has 0 bridgehead atoms. The van der Waals surface area contributed by atoms with Gasteiger partial charge in [-0.1, -0.05) is 6.92 Å². The molecule has 3 N–H and O–H groups in total. The van der Waals surface area contributed by atoms with Gasteiger partial charge in [-0.05, 0) is 18.6 Å². The second-order valence-corrected chi connectivity index (χ2v) is 5.77. The van der Waals surface area contributed by atoms with Crippen LogP contribution >= 0.6 is 0 Å². The summed E-state index contributed by atoms with van der Waals surface area (Å²) in [6, 6.07) is 2.33. The van der Waals surface area contributed by atoms with Crippen LogP contribution in [-0.4, -0.2) is 23.2 Å². The summed E-state index contributed by atoms with van der Waals surface area (Å²) in [6.45, 7) is 2.51. The highest BCUT2D eigenvalue weighted by Gasteiger charge is 2.21. The first-order valence-corrected chi connectivity index (χ1v) is 7.38. The molecule has 0 fully saturated rings. The fourth-order valence-electron chi connectivity index (χ4n) is 1.62. The third-order valence-electron chi connectivity index (χ3n) is 2.48. The summed E-state index contributed by atoms with van der Waals surface area (Å²) >= 11 is 0. The van der Waals surface area contributed by atoms with E-state index in [1.54, 1.807) is 0 Å². The summed E-state index contributed by atoms with van der Waals surface area (Å²) in [5.41, 5.74) is 5.76. The van der Waals surface area contributed by atoms with Crippen molar-refractivity contribution in [2.75, 3.05) is 10.5 Å². The zero-order valence-corrected chi connectivity index (χ0v) is 11.6. The van der Waals surface area contributed by atoms with E-state index >= 15 is 0 Å². The van der Waals surface area contributed by atoms with Crippen LogP contribution < -0.4 is 10.5 Å². The van der Waals surface area contributed by atoms with Crippen LogP contribution in [-0.2, 0) is 16.6 Å². The van der Waals surface area contributed by atoms with Crippen molar-refractivity contribution in [2.45, 2.75) is 24.8 Å². The van der Waals surface area contributed by atoms with Gasteiger partial charge in [0.1, 0.15) is 4.90 Å². The molecule has 0 saturated carbocycles. The van der Waals surface area contributed by atoms with E-state index in [0.717, 1.165) is 18.7 Å². The maximum atomic E-state index is 12.7. The van der Waals surface area contributed by atoms with Crippen LogP contribution in [0, 0.1) is 5.95 Å². The van der Waals surface area contributed by atoms with Gasteiger partial charge in [0.15, 0.2) is 5.82 Å². The topological polar surface area (TPSA) is 103 Å². The molecule has 0 aliphatic rings. The van der Waals surface area contributed by atoms with E-state index in [9.17, 15) is 12.8 Å². The minimum Gasteiger partial charge on any atom is -0.381 e. The molecule has 2 heterocycles. The normalized spacial score (nSPS) is 11.5. The lowest BCUT2D eigenvalue weighted by atomic mass is 10.4. The van der Waals surface area contributed by atoms with Crippen molar-refractivity contribution in [3.8, 4) is 0 Å². The number of hydrogen-bond acceptors (Lipinski definition) is 5. The maximum absolute atomic E-state index is 12.7. The summed E-state index contributed by atoms with van der Waals surface area (Å²) in [5, 5.41) is 3.92. The molecule has 0 aliphatic carbocycles. The van der Waals surface area contributed by atoms with E-state index in [2.05, 4.69) is 14.8 Å². The number of nitrogens with one attached hydrogen (secondary N) is 1. The van der Waals surface area contributed by atoms with Crippen LogP contribution in [0.4, 0.5) is 15.9 Å². The molecule has 2 aromatic rings. The van der Waals surface area contributed by atoms with Gasteiger partial charge in [-0.3, -0.25) is 9.40 Å². The SMILES string of the molecule is CCCn1cc(S(=O)(=O)Nc2ccc(F)nc2)c(N)n1. The Hall–Kier alpha value is -2.16. The minimum absolute atomic E-state index is 0.0824. The average Bonchev–Trinajstić information content (AvgIpc) is 2.74. The molecule has 0 amide bonds. The molecule has 0 aromatic carbocycles. The molecule has 0 atom stereocenters. The van der Waals surface area contributed by atoms with E-state index in [0.29, 0.717) is 6.54 Å². The van der Waals surface area contributed by atoms with E-state index in [1.807, 2.05) is 6.92 Å². The van der Waals surface area contributed by atoms with Crippen LogP contribution in [0.1, 0.15) is 13.3 Å². The van der Waals surface area contributed by atoms with Crippen LogP contribution in [0.5, 0.6) is 0 Å². The number of pyridine rings is 1. The lowest BCUT2D eigenvalue weighted by Crippen LogP contribution is -2.14. The van der Waals surface area contributed by atoms with Gasteiger partial charge >= 0.3 is 0 Å². The van der Waals surface area contributed by atoms with Gasteiger partial charge < -0.3 is 5.73 Å². The molecule has 0 aliphatic heterocycles. The Morgan fingerprint density at radius 1 is 1.45 bits per heavy atom. The van der Waals surface area contributed by atoms with Crippen molar-refractivity contribution in [1.29, 1.82) is 0 Å². The number of nitrogen functional groups attached to an aromatic ring is 1. The van der Waals surface area contributed by atoms with Crippen molar-refractivity contribution < 1.29 is 12.8 Å². The molecule has 0 radical (unpaired) electrons. The maximum Gasteiger partial charge on any atom is 0.267 e. The summed E-state index contributed by atoms with van der Waals surface area (Å²) in [5.74, 6) is -0.774. The second kappa shape index (κ2) is 5.45. The number of nitrogens with zero attached hydrogens (tertiary/aromatic N) is 3. The number of rotatable bonds is 5. The molecule has 20 heavy (non-hydrogen) atoms. The largest absolute Gasteiger partial charge is 0.381 e. The first-order chi connectivity index (χ1) is 9.42. The number of aromatic nitrogens is 3. The number of aryl methyl sites for hydroxylation is 1. The summed E-state index contributed by atoms with van der Waals surface area (Å²) in [7, 11) is -3.88. The Balaban J connectivity index is 2.28. The smallest absolute Gasteiger partial charge is 0.267 e. The van der Waals surface area contributed by atoms with Crippen molar-refractivity contribution in [3.05, 3.63) is 30.5 Å². The molecule has 0 spiro atoms. The zero-order valence-electron chi connectivity index (χ0n) is 10.7. The first kappa shape index (κ1) is 14.3. The predicted octanol–water partition coefficient (Wildman–Crippen LogP) is 1.21. The van der Waals surface area contributed by atoms with Gasteiger partial charge in [0.2, 0.25) is 5.95 Å². The summed E-state index contributed by atoms with van der Waals surface area (Å²) in [6.07, 6.45) is 3.24. The Labute approximate surface area is 115 Å². The zero-order chi connectivity index (χ0) is 14.8. The minimum atomic E-state index is -3.88. The molecule has 0 unspecified atom stereocenters. The van der Waals surface area contributed by atoms with Gasteiger partial charge in [0.05, 0.1) is 11.9 Å². The highest BCUT2D eigenvalue weighted by atomic mass is 32.2. The van der Waals surface area contributed by atoms with Crippen LogP contribution in [0.3, 0.4) is 0 Å². The van der Waals surface area contributed by atoms with Crippen LogP contribution in [0.25, 0.3) is 0 Å². The van der Waals surface area contributed by atoms with E-state index in [4.69, 9.17) is 5.73 Å². The number of hydrogen-bond donors (Lipinski definition) is 2. The molecular weight excluding hydrogens is 285 g/mol. The lowest BCUT2D eigenvalue weighted by Gasteiger charge is -2.05. The lowest BCUT2D eigenvalue weighted by molar-refractivity contribution is 0.583. The highest BCUT2D eigenvalue weighted by Crippen LogP contribution is 2.20. The Bertz CT molecular complexity index is 696.